The highest BCUT2D eigenvalue weighted by Gasteiger charge is 2.16. The van der Waals surface area contributed by atoms with Gasteiger partial charge >= 0.3 is 5.97 Å². The van der Waals surface area contributed by atoms with E-state index in [1.165, 1.54) is 18.7 Å². The van der Waals surface area contributed by atoms with Crippen molar-refractivity contribution in [1.29, 1.82) is 0 Å². The fourth-order valence-corrected chi connectivity index (χ4v) is 3.54. The van der Waals surface area contributed by atoms with E-state index in [0.717, 1.165) is 27.5 Å². The van der Waals surface area contributed by atoms with Crippen LogP contribution in [0.4, 0.5) is 5.69 Å². The molecule has 0 aliphatic rings. The van der Waals surface area contributed by atoms with Crippen molar-refractivity contribution in [3.63, 3.8) is 0 Å². The quantitative estimate of drug-likeness (QED) is 0.382. The van der Waals surface area contributed by atoms with Crippen molar-refractivity contribution < 1.29 is 19.1 Å². The molecule has 0 fully saturated rings. The first kappa shape index (κ1) is 22.4. The van der Waals surface area contributed by atoms with Gasteiger partial charge < -0.3 is 14.8 Å². The lowest BCUT2D eigenvalue weighted by molar-refractivity contribution is -0.143. The van der Waals surface area contributed by atoms with Crippen LogP contribution in [0, 0.1) is 0 Å². The Morgan fingerprint density at radius 3 is 2.23 bits per heavy atom. The SMILES string of the molecule is CC(=O)Nc1ccc(SC(C)C(=O)OCc2ccc(OCc3ccncc3)cc2)cc1. The Kier molecular flexibility index (Phi) is 8.06. The summed E-state index contributed by atoms with van der Waals surface area (Å²) in [5, 5.41) is 2.36. The topological polar surface area (TPSA) is 77.5 Å². The average Bonchev–Trinajstić information content (AvgIpc) is 2.78. The molecule has 1 N–H and O–H groups in total. The van der Waals surface area contributed by atoms with Crippen molar-refractivity contribution in [2.75, 3.05) is 5.32 Å². The first-order valence-corrected chi connectivity index (χ1v) is 10.7. The molecule has 0 aliphatic heterocycles. The molecule has 1 unspecified atom stereocenters. The van der Waals surface area contributed by atoms with Crippen LogP contribution in [-0.4, -0.2) is 22.1 Å². The van der Waals surface area contributed by atoms with Gasteiger partial charge in [0.05, 0.1) is 0 Å². The molecule has 0 spiro atoms. The Hall–Kier alpha value is -3.32. The first-order chi connectivity index (χ1) is 15.0. The lowest BCUT2D eigenvalue weighted by atomic mass is 10.2. The molecule has 160 valence electrons. The number of hydrogen-bond acceptors (Lipinski definition) is 6. The largest absolute Gasteiger partial charge is 0.489 e. The van der Waals surface area contributed by atoms with E-state index in [1.54, 1.807) is 24.5 Å². The highest BCUT2D eigenvalue weighted by molar-refractivity contribution is 8.00. The van der Waals surface area contributed by atoms with E-state index in [2.05, 4.69) is 10.3 Å². The molecule has 0 aliphatic carbocycles. The van der Waals surface area contributed by atoms with Gasteiger partial charge in [-0.3, -0.25) is 14.6 Å². The van der Waals surface area contributed by atoms with E-state index in [1.807, 2.05) is 55.5 Å². The van der Waals surface area contributed by atoms with Crippen molar-refractivity contribution in [2.24, 2.45) is 0 Å². The van der Waals surface area contributed by atoms with Gasteiger partial charge in [0, 0.05) is 29.9 Å². The second-order valence-electron chi connectivity index (χ2n) is 6.86. The summed E-state index contributed by atoms with van der Waals surface area (Å²) < 4.78 is 11.2. The summed E-state index contributed by atoms with van der Waals surface area (Å²) in [6.07, 6.45) is 3.46. The summed E-state index contributed by atoms with van der Waals surface area (Å²) in [7, 11) is 0. The number of thioether (sulfide) groups is 1. The molecule has 6 nitrogen and oxygen atoms in total. The lowest BCUT2D eigenvalue weighted by Gasteiger charge is -2.12. The number of ether oxygens (including phenoxy) is 2. The van der Waals surface area contributed by atoms with Gasteiger partial charge in [-0.1, -0.05) is 12.1 Å². The maximum absolute atomic E-state index is 12.3. The monoisotopic (exact) mass is 436 g/mol. The second-order valence-corrected chi connectivity index (χ2v) is 8.28. The second kappa shape index (κ2) is 11.2. The molecule has 1 heterocycles. The van der Waals surface area contributed by atoms with Crippen molar-refractivity contribution in [3.8, 4) is 5.75 Å². The van der Waals surface area contributed by atoms with Crippen molar-refractivity contribution in [3.05, 3.63) is 84.2 Å². The Labute approximate surface area is 186 Å². The smallest absolute Gasteiger partial charge is 0.319 e. The van der Waals surface area contributed by atoms with Gasteiger partial charge in [-0.15, -0.1) is 11.8 Å². The fraction of sp³-hybridized carbons (Fsp3) is 0.208. The predicted molar refractivity (Wildman–Crippen MR) is 121 cm³/mol. The zero-order chi connectivity index (χ0) is 22.1. The maximum atomic E-state index is 12.3. The summed E-state index contributed by atoms with van der Waals surface area (Å²) in [5.41, 5.74) is 2.66. The number of carbonyl (C=O) groups excluding carboxylic acids is 2. The molecular weight excluding hydrogens is 412 g/mol. The molecule has 7 heteroatoms. The molecule has 0 radical (unpaired) electrons. The fourth-order valence-electron chi connectivity index (χ4n) is 2.67. The zero-order valence-corrected chi connectivity index (χ0v) is 18.2. The van der Waals surface area contributed by atoms with Gasteiger partial charge in [0.2, 0.25) is 5.91 Å². The Morgan fingerprint density at radius 1 is 0.935 bits per heavy atom. The third kappa shape index (κ3) is 7.46. The van der Waals surface area contributed by atoms with Crippen molar-refractivity contribution in [2.45, 2.75) is 37.2 Å². The maximum Gasteiger partial charge on any atom is 0.319 e. The Balaban J connectivity index is 1.43. The number of aromatic nitrogens is 1. The molecule has 0 bridgehead atoms. The van der Waals surface area contributed by atoms with Gasteiger partial charge in [0.1, 0.15) is 24.2 Å². The minimum absolute atomic E-state index is 0.120. The summed E-state index contributed by atoms with van der Waals surface area (Å²) in [4.78, 5) is 28.3. The number of pyridine rings is 1. The molecular formula is C24H24N2O4S. The minimum atomic E-state index is -0.352. The number of nitrogens with zero attached hydrogens (tertiary/aromatic N) is 1. The van der Waals surface area contributed by atoms with Crippen LogP contribution < -0.4 is 10.1 Å². The van der Waals surface area contributed by atoms with E-state index < -0.39 is 0 Å². The third-order valence-corrected chi connectivity index (χ3v) is 5.37. The van der Waals surface area contributed by atoms with Gasteiger partial charge in [0.25, 0.3) is 0 Å². The van der Waals surface area contributed by atoms with Crippen LogP contribution in [-0.2, 0) is 27.5 Å². The Morgan fingerprint density at radius 2 is 1.58 bits per heavy atom. The number of rotatable bonds is 9. The summed E-state index contributed by atoms with van der Waals surface area (Å²) in [5.74, 6) is 0.346. The molecule has 1 amide bonds. The van der Waals surface area contributed by atoms with Gasteiger partial charge in [-0.05, 0) is 66.6 Å². The molecule has 2 aromatic carbocycles. The van der Waals surface area contributed by atoms with E-state index in [4.69, 9.17) is 9.47 Å². The molecule has 3 aromatic rings. The first-order valence-electron chi connectivity index (χ1n) is 9.81. The highest BCUT2D eigenvalue weighted by Crippen LogP contribution is 2.26. The number of esters is 1. The average molecular weight is 437 g/mol. The van der Waals surface area contributed by atoms with Crippen LogP contribution in [0.3, 0.4) is 0 Å². The molecule has 0 saturated carbocycles. The minimum Gasteiger partial charge on any atom is -0.489 e. The van der Waals surface area contributed by atoms with Gasteiger partial charge in [-0.2, -0.15) is 0 Å². The van der Waals surface area contributed by atoms with E-state index >= 15 is 0 Å². The van der Waals surface area contributed by atoms with Crippen LogP contribution in [0.5, 0.6) is 5.75 Å². The summed E-state index contributed by atoms with van der Waals surface area (Å²) in [6, 6.07) is 18.6. The summed E-state index contributed by atoms with van der Waals surface area (Å²) >= 11 is 1.41. The Bertz CT molecular complexity index is 992. The van der Waals surface area contributed by atoms with E-state index in [9.17, 15) is 9.59 Å². The molecule has 3 rings (SSSR count). The number of amides is 1. The number of hydrogen-bond donors (Lipinski definition) is 1. The molecule has 31 heavy (non-hydrogen) atoms. The summed E-state index contributed by atoms with van der Waals surface area (Å²) in [6.45, 7) is 3.95. The van der Waals surface area contributed by atoms with Crippen molar-refractivity contribution in [1.82, 2.24) is 4.98 Å². The number of nitrogens with one attached hydrogen (secondary N) is 1. The van der Waals surface area contributed by atoms with Crippen LogP contribution in [0.2, 0.25) is 0 Å². The highest BCUT2D eigenvalue weighted by atomic mass is 32.2. The van der Waals surface area contributed by atoms with Crippen LogP contribution in [0.1, 0.15) is 25.0 Å². The lowest BCUT2D eigenvalue weighted by Crippen LogP contribution is -2.16. The number of anilines is 1. The predicted octanol–water partition coefficient (Wildman–Crippen LogP) is 4.84. The molecule has 0 saturated heterocycles. The molecule has 1 atom stereocenters. The number of benzene rings is 2. The third-order valence-electron chi connectivity index (χ3n) is 4.28. The van der Waals surface area contributed by atoms with E-state index in [-0.39, 0.29) is 23.7 Å². The van der Waals surface area contributed by atoms with E-state index in [0.29, 0.717) is 6.61 Å². The van der Waals surface area contributed by atoms with Gasteiger partial charge in [0.15, 0.2) is 0 Å². The van der Waals surface area contributed by atoms with Crippen molar-refractivity contribution >= 4 is 29.3 Å². The molecule has 1 aromatic heterocycles. The van der Waals surface area contributed by atoms with Crippen LogP contribution in [0.15, 0.2) is 78.0 Å². The van der Waals surface area contributed by atoms with Crippen LogP contribution in [0.25, 0.3) is 0 Å². The standard InChI is InChI=1S/C24H24N2O4S/c1-17(31-23-9-5-21(6-10-23)26-18(2)27)24(28)30-16-19-3-7-22(8-4-19)29-15-20-11-13-25-14-12-20/h3-14,17H,15-16H2,1-2H3,(H,26,27). The number of carbonyl (C=O) groups is 2. The van der Waals surface area contributed by atoms with Crippen LogP contribution >= 0.6 is 11.8 Å². The van der Waals surface area contributed by atoms with Gasteiger partial charge in [-0.25, -0.2) is 0 Å². The normalized spacial score (nSPS) is 11.4. The zero-order valence-electron chi connectivity index (χ0n) is 17.4.